The van der Waals surface area contributed by atoms with Gasteiger partial charge in [-0.05, 0) is 49.5 Å². The van der Waals surface area contributed by atoms with Crippen LogP contribution in [-0.4, -0.2) is 5.54 Å². The molecule has 2 rings (SSSR count). The fourth-order valence-corrected chi connectivity index (χ4v) is 3.29. The first kappa shape index (κ1) is 13.6. The second-order valence-electron chi connectivity index (χ2n) is 6.26. The lowest BCUT2D eigenvalue weighted by Gasteiger charge is -2.39. The van der Waals surface area contributed by atoms with Gasteiger partial charge in [0.05, 0.1) is 0 Å². The molecule has 1 nitrogen and oxygen atoms in total. The summed E-state index contributed by atoms with van der Waals surface area (Å²) < 4.78 is 0. The van der Waals surface area contributed by atoms with Crippen LogP contribution in [0.5, 0.6) is 0 Å². The Hall–Kier alpha value is -0.820. The van der Waals surface area contributed by atoms with Crippen LogP contribution in [0.15, 0.2) is 30.3 Å². The van der Waals surface area contributed by atoms with Gasteiger partial charge in [-0.2, -0.15) is 0 Å². The van der Waals surface area contributed by atoms with E-state index in [1.165, 1.54) is 44.1 Å². The quantitative estimate of drug-likeness (QED) is 0.831. The van der Waals surface area contributed by atoms with Gasteiger partial charge in [0, 0.05) is 5.54 Å². The van der Waals surface area contributed by atoms with Crippen LogP contribution in [0.25, 0.3) is 0 Å². The monoisotopic (exact) mass is 245 g/mol. The molecule has 1 unspecified atom stereocenters. The molecular formula is C17H27N. The van der Waals surface area contributed by atoms with Crippen LogP contribution in [0.4, 0.5) is 0 Å². The Labute approximate surface area is 112 Å². The van der Waals surface area contributed by atoms with Gasteiger partial charge in [0.25, 0.3) is 0 Å². The van der Waals surface area contributed by atoms with E-state index in [1.54, 1.807) is 0 Å². The van der Waals surface area contributed by atoms with Gasteiger partial charge < -0.3 is 5.73 Å². The number of hydrogen-bond acceptors (Lipinski definition) is 1. The molecule has 1 atom stereocenters. The largest absolute Gasteiger partial charge is 0.325 e. The van der Waals surface area contributed by atoms with Gasteiger partial charge in [0.15, 0.2) is 0 Å². The summed E-state index contributed by atoms with van der Waals surface area (Å²) in [5.74, 6) is 1.50. The molecular weight excluding hydrogens is 218 g/mol. The van der Waals surface area contributed by atoms with E-state index in [-0.39, 0.29) is 5.54 Å². The molecule has 1 fully saturated rings. The van der Waals surface area contributed by atoms with Crippen molar-refractivity contribution < 1.29 is 0 Å². The Morgan fingerprint density at radius 2 is 1.83 bits per heavy atom. The maximum atomic E-state index is 6.58. The minimum absolute atomic E-state index is 0.112. The van der Waals surface area contributed by atoms with Crippen LogP contribution in [0.2, 0.25) is 0 Å². The summed E-state index contributed by atoms with van der Waals surface area (Å²) in [7, 11) is 0. The van der Waals surface area contributed by atoms with Crippen molar-refractivity contribution in [2.45, 2.75) is 63.8 Å². The van der Waals surface area contributed by atoms with E-state index in [9.17, 15) is 0 Å². The zero-order valence-electron chi connectivity index (χ0n) is 11.9. The van der Waals surface area contributed by atoms with Crippen molar-refractivity contribution in [2.24, 2.45) is 11.7 Å². The number of hydrogen-bond donors (Lipinski definition) is 1. The van der Waals surface area contributed by atoms with Crippen molar-refractivity contribution in [3.63, 3.8) is 0 Å². The summed E-state index contributed by atoms with van der Waals surface area (Å²) in [4.78, 5) is 0. The fourth-order valence-electron chi connectivity index (χ4n) is 3.29. The van der Waals surface area contributed by atoms with Gasteiger partial charge in [0.1, 0.15) is 0 Å². The van der Waals surface area contributed by atoms with Gasteiger partial charge in [-0.3, -0.25) is 0 Å². The third-order valence-electron chi connectivity index (χ3n) is 4.70. The van der Waals surface area contributed by atoms with Crippen molar-refractivity contribution in [2.75, 3.05) is 0 Å². The van der Waals surface area contributed by atoms with Crippen molar-refractivity contribution >= 4 is 0 Å². The number of benzene rings is 1. The van der Waals surface area contributed by atoms with E-state index in [0.29, 0.717) is 0 Å². The van der Waals surface area contributed by atoms with E-state index in [0.717, 1.165) is 11.8 Å². The van der Waals surface area contributed by atoms with E-state index in [1.807, 2.05) is 0 Å². The Kier molecular flexibility index (Phi) is 4.45. The SMILES string of the molecule is CCC(C)CC1(N)CCC(c2ccccc2)CC1. The van der Waals surface area contributed by atoms with E-state index >= 15 is 0 Å². The molecule has 0 amide bonds. The smallest absolute Gasteiger partial charge is 0.0157 e. The molecule has 0 heterocycles. The lowest BCUT2D eigenvalue weighted by molar-refractivity contribution is 0.225. The Bertz CT molecular complexity index is 349. The summed E-state index contributed by atoms with van der Waals surface area (Å²) >= 11 is 0. The maximum absolute atomic E-state index is 6.58. The molecule has 0 spiro atoms. The van der Waals surface area contributed by atoms with Crippen molar-refractivity contribution in [1.29, 1.82) is 0 Å². The Morgan fingerprint density at radius 1 is 1.22 bits per heavy atom. The van der Waals surface area contributed by atoms with Gasteiger partial charge in [-0.1, -0.05) is 50.6 Å². The van der Waals surface area contributed by atoms with Crippen molar-refractivity contribution in [3.8, 4) is 0 Å². The molecule has 1 aliphatic rings. The van der Waals surface area contributed by atoms with Crippen LogP contribution in [0.1, 0.15) is 63.9 Å². The highest BCUT2D eigenvalue weighted by molar-refractivity contribution is 5.20. The molecule has 1 aliphatic carbocycles. The molecule has 18 heavy (non-hydrogen) atoms. The Morgan fingerprint density at radius 3 is 2.39 bits per heavy atom. The second kappa shape index (κ2) is 5.88. The van der Waals surface area contributed by atoms with Crippen LogP contribution in [0, 0.1) is 5.92 Å². The van der Waals surface area contributed by atoms with Gasteiger partial charge in [0.2, 0.25) is 0 Å². The first-order chi connectivity index (χ1) is 8.63. The second-order valence-corrected chi connectivity index (χ2v) is 6.26. The first-order valence-electron chi connectivity index (χ1n) is 7.47. The topological polar surface area (TPSA) is 26.0 Å². The van der Waals surface area contributed by atoms with E-state index in [4.69, 9.17) is 5.73 Å². The summed E-state index contributed by atoms with van der Waals surface area (Å²) in [5, 5.41) is 0. The molecule has 2 N–H and O–H groups in total. The molecule has 1 aromatic rings. The molecule has 1 aromatic carbocycles. The summed E-state index contributed by atoms with van der Waals surface area (Å²) in [6.45, 7) is 4.60. The average Bonchev–Trinajstić information content (AvgIpc) is 2.40. The third-order valence-corrected chi connectivity index (χ3v) is 4.70. The molecule has 1 heteroatoms. The average molecular weight is 245 g/mol. The van der Waals surface area contributed by atoms with Gasteiger partial charge >= 0.3 is 0 Å². The minimum atomic E-state index is 0.112. The Balaban J connectivity index is 1.91. The van der Waals surface area contributed by atoms with Crippen LogP contribution in [-0.2, 0) is 0 Å². The highest BCUT2D eigenvalue weighted by Gasteiger charge is 2.32. The normalized spacial score (nSPS) is 30.1. The highest BCUT2D eigenvalue weighted by Crippen LogP contribution is 2.39. The summed E-state index contributed by atoms with van der Waals surface area (Å²) in [6.07, 6.45) is 7.35. The third kappa shape index (κ3) is 3.35. The molecule has 0 bridgehead atoms. The molecule has 100 valence electrons. The standard InChI is InChI=1S/C17H27N/c1-3-14(2)13-17(18)11-9-16(10-12-17)15-7-5-4-6-8-15/h4-8,14,16H,3,9-13,18H2,1-2H3. The van der Waals surface area contributed by atoms with Crippen LogP contribution >= 0.6 is 0 Å². The lowest BCUT2D eigenvalue weighted by Crippen LogP contribution is -2.44. The molecule has 0 aromatic heterocycles. The zero-order chi connectivity index (χ0) is 13.0. The van der Waals surface area contributed by atoms with Crippen molar-refractivity contribution in [3.05, 3.63) is 35.9 Å². The summed E-state index contributed by atoms with van der Waals surface area (Å²) in [6, 6.07) is 10.9. The number of nitrogens with two attached hydrogens (primary N) is 1. The molecule has 0 aliphatic heterocycles. The minimum Gasteiger partial charge on any atom is -0.325 e. The maximum Gasteiger partial charge on any atom is 0.0157 e. The van der Waals surface area contributed by atoms with Crippen LogP contribution in [0.3, 0.4) is 0 Å². The summed E-state index contributed by atoms with van der Waals surface area (Å²) in [5.41, 5.74) is 8.19. The van der Waals surface area contributed by atoms with E-state index in [2.05, 4.69) is 44.2 Å². The predicted octanol–water partition coefficient (Wildman–Crippen LogP) is 4.48. The van der Waals surface area contributed by atoms with Crippen molar-refractivity contribution in [1.82, 2.24) is 0 Å². The predicted molar refractivity (Wildman–Crippen MR) is 78.6 cm³/mol. The highest BCUT2D eigenvalue weighted by atomic mass is 14.7. The number of rotatable bonds is 4. The fraction of sp³-hybridized carbons (Fsp3) is 0.647. The molecule has 0 radical (unpaired) electrons. The lowest BCUT2D eigenvalue weighted by atomic mass is 9.71. The van der Waals surface area contributed by atoms with E-state index < -0.39 is 0 Å². The first-order valence-corrected chi connectivity index (χ1v) is 7.47. The molecule has 0 saturated heterocycles. The molecule has 1 saturated carbocycles. The van der Waals surface area contributed by atoms with Gasteiger partial charge in [-0.25, -0.2) is 0 Å². The zero-order valence-corrected chi connectivity index (χ0v) is 11.9. The van der Waals surface area contributed by atoms with Gasteiger partial charge in [-0.15, -0.1) is 0 Å². The van der Waals surface area contributed by atoms with Crippen LogP contribution < -0.4 is 5.73 Å².